The fraction of sp³-hybridized carbons (Fsp3) is 0.400. The van der Waals surface area contributed by atoms with Gasteiger partial charge in [0.05, 0.1) is 16.7 Å². The van der Waals surface area contributed by atoms with Crippen molar-refractivity contribution in [3.8, 4) is 11.3 Å². The van der Waals surface area contributed by atoms with Gasteiger partial charge < -0.3 is 14.8 Å². The Kier molecular flexibility index (Phi) is 5.11. The number of nitrogens with one attached hydrogen (secondary N) is 1. The van der Waals surface area contributed by atoms with Gasteiger partial charge in [-0.1, -0.05) is 12.1 Å². The van der Waals surface area contributed by atoms with E-state index in [-0.39, 0.29) is 12.3 Å². The topological polar surface area (TPSA) is 43.4 Å². The first-order chi connectivity index (χ1) is 9.63. The Hall–Kier alpha value is -1.43. The highest BCUT2D eigenvalue weighted by Crippen LogP contribution is 2.24. The molecule has 5 heteroatoms. The quantitative estimate of drug-likeness (QED) is 0.827. The lowest BCUT2D eigenvalue weighted by atomic mass is 10.1. The van der Waals surface area contributed by atoms with Gasteiger partial charge in [-0.15, -0.1) is 11.3 Å². The zero-order valence-corrected chi connectivity index (χ0v) is 13.0. The number of aromatic nitrogens is 1. The molecule has 0 aliphatic carbocycles. The van der Waals surface area contributed by atoms with Gasteiger partial charge >= 0.3 is 0 Å². The lowest BCUT2D eigenvalue weighted by Gasteiger charge is -2.23. The summed E-state index contributed by atoms with van der Waals surface area (Å²) in [5.74, 6) is 0. The molecule has 0 radical (unpaired) electrons. The second kappa shape index (κ2) is 6.83. The summed E-state index contributed by atoms with van der Waals surface area (Å²) in [6.07, 6.45) is -0.278. The summed E-state index contributed by atoms with van der Waals surface area (Å²) in [6, 6.07) is 8.26. The molecule has 0 aliphatic heterocycles. The first-order valence-electron chi connectivity index (χ1n) is 6.48. The first-order valence-corrected chi connectivity index (χ1v) is 7.36. The summed E-state index contributed by atoms with van der Waals surface area (Å²) in [7, 11) is 3.28. The van der Waals surface area contributed by atoms with Crippen LogP contribution in [0.1, 0.15) is 11.9 Å². The lowest BCUT2D eigenvalue weighted by Crippen LogP contribution is -2.33. The second-order valence-electron chi connectivity index (χ2n) is 4.61. The number of methoxy groups -OCH3 is 2. The van der Waals surface area contributed by atoms with Gasteiger partial charge in [0.2, 0.25) is 0 Å². The number of benzene rings is 1. The number of hydrogen-bond donors (Lipinski definition) is 1. The van der Waals surface area contributed by atoms with E-state index < -0.39 is 0 Å². The zero-order valence-electron chi connectivity index (χ0n) is 12.2. The van der Waals surface area contributed by atoms with Crippen LogP contribution < -0.4 is 5.32 Å². The van der Waals surface area contributed by atoms with Crippen LogP contribution in [0.5, 0.6) is 0 Å². The molecule has 0 bridgehead atoms. The van der Waals surface area contributed by atoms with Crippen LogP contribution in [0.4, 0.5) is 5.69 Å². The highest BCUT2D eigenvalue weighted by molar-refractivity contribution is 7.09. The molecule has 108 valence electrons. The first kappa shape index (κ1) is 15.0. The molecule has 0 aliphatic rings. The van der Waals surface area contributed by atoms with E-state index in [9.17, 15) is 0 Å². The fourth-order valence-electron chi connectivity index (χ4n) is 2.10. The lowest BCUT2D eigenvalue weighted by molar-refractivity contribution is -0.109. The minimum absolute atomic E-state index is 0.0532. The second-order valence-corrected chi connectivity index (χ2v) is 5.67. The van der Waals surface area contributed by atoms with Crippen molar-refractivity contribution in [2.75, 3.05) is 19.5 Å². The Morgan fingerprint density at radius 2 is 2.00 bits per heavy atom. The maximum absolute atomic E-state index is 5.26. The number of rotatable bonds is 6. The Bertz CT molecular complexity index is 552. The summed E-state index contributed by atoms with van der Waals surface area (Å²) in [5.41, 5.74) is 3.15. The van der Waals surface area contributed by atoms with E-state index in [2.05, 4.69) is 27.8 Å². The largest absolute Gasteiger partial charge is 0.377 e. The van der Waals surface area contributed by atoms with Crippen LogP contribution in [0.15, 0.2) is 29.6 Å². The highest BCUT2D eigenvalue weighted by Gasteiger charge is 2.15. The SMILES string of the molecule is COC(OC)C(C)Nc1cccc(-c2csc(C)n2)c1. The molecule has 1 atom stereocenters. The summed E-state index contributed by atoms with van der Waals surface area (Å²) in [6.45, 7) is 4.04. The van der Waals surface area contributed by atoms with Crippen molar-refractivity contribution < 1.29 is 9.47 Å². The summed E-state index contributed by atoms with van der Waals surface area (Å²) >= 11 is 1.66. The molecule has 0 spiro atoms. The number of anilines is 1. The highest BCUT2D eigenvalue weighted by atomic mass is 32.1. The normalized spacial score (nSPS) is 12.7. The molecule has 0 amide bonds. The van der Waals surface area contributed by atoms with Crippen molar-refractivity contribution in [3.63, 3.8) is 0 Å². The van der Waals surface area contributed by atoms with Crippen molar-refractivity contribution in [1.29, 1.82) is 0 Å². The van der Waals surface area contributed by atoms with E-state index in [4.69, 9.17) is 9.47 Å². The molecule has 1 heterocycles. The van der Waals surface area contributed by atoms with Crippen LogP contribution >= 0.6 is 11.3 Å². The smallest absolute Gasteiger partial charge is 0.176 e. The number of ether oxygens (including phenoxy) is 2. The molecule has 1 aromatic heterocycles. The van der Waals surface area contributed by atoms with Crippen molar-refractivity contribution in [1.82, 2.24) is 4.98 Å². The molecule has 0 saturated heterocycles. The van der Waals surface area contributed by atoms with Gasteiger partial charge in [-0.25, -0.2) is 4.98 Å². The third-order valence-corrected chi connectivity index (χ3v) is 3.82. The number of aryl methyl sites for hydroxylation is 1. The molecule has 1 N–H and O–H groups in total. The average Bonchev–Trinajstić information content (AvgIpc) is 2.87. The maximum Gasteiger partial charge on any atom is 0.176 e. The van der Waals surface area contributed by atoms with Crippen molar-refractivity contribution in [3.05, 3.63) is 34.7 Å². The number of hydrogen-bond acceptors (Lipinski definition) is 5. The summed E-state index contributed by atoms with van der Waals surface area (Å²) in [4.78, 5) is 4.51. The molecule has 2 aromatic rings. The standard InChI is InChI=1S/C15H20N2O2S/c1-10(15(18-3)19-4)16-13-7-5-6-12(8-13)14-9-20-11(2)17-14/h5-10,15-16H,1-4H3. The van der Waals surface area contributed by atoms with E-state index >= 15 is 0 Å². The van der Waals surface area contributed by atoms with E-state index in [1.807, 2.05) is 26.0 Å². The minimum atomic E-state index is -0.278. The monoisotopic (exact) mass is 292 g/mol. The van der Waals surface area contributed by atoms with Crippen molar-refractivity contribution in [2.24, 2.45) is 0 Å². The van der Waals surface area contributed by atoms with Gasteiger partial charge in [-0.2, -0.15) is 0 Å². The molecule has 1 aromatic carbocycles. The van der Waals surface area contributed by atoms with E-state index in [1.54, 1.807) is 25.6 Å². The van der Waals surface area contributed by atoms with Gasteiger partial charge in [-0.05, 0) is 26.0 Å². The van der Waals surface area contributed by atoms with Crippen LogP contribution in [-0.2, 0) is 9.47 Å². The molecule has 0 saturated carbocycles. The molecule has 2 rings (SSSR count). The molecule has 20 heavy (non-hydrogen) atoms. The fourth-order valence-corrected chi connectivity index (χ4v) is 2.72. The summed E-state index contributed by atoms with van der Waals surface area (Å²) < 4.78 is 10.5. The molecule has 1 unspecified atom stereocenters. The number of nitrogens with zero attached hydrogens (tertiary/aromatic N) is 1. The van der Waals surface area contributed by atoms with Gasteiger partial charge in [0.15, 0.2) is 6.29 Å². The van der Waals surface area contributed by atoms with Crippen LogP contribution in [0.25, 0.3) is 11.3 Å². The van der Waals surface area contributed by atoms with E-state index in [1.165, 1.54) is 0 Å². The summed E-state index contributed by atoms with van der Waals surface area (Å²) in [5, 5.41) is 6.54. The van der Waals surface area contributed by atoms with Gasteiger partial charge in [0.25, 0.3) is 0 Å². The van der Waals surface area contributed by atoms with Crippen LogP contribution in [0, 0.1) is 6.92 Å². The van der Waals surface area contributed by atoms with E-state index in [0.717, 1.165) is 22.0 Å². The van der Waals surface area contributed by atoms with E-state index in [0.29, 0.717) is 0 Å². The Balaban J connectivity index is 2.14. The predicted molar refractivity (Wildman–Crippen MR) is 83.2 cm³/mol. The molecular weight excluding hydrogens is 272 g/mol. The van der Waals surface area contributed by atoms with Gasteiger partial charge in [0, 0.05) is 30.9 Å². The maximum atomic E-state index is 5.26. The van der Waals surface area contributed by atoms with Crippen LogP contribution in [-0.4, -0.2) is 31.5 Å². The third-order valence-electron chi connectivity index (χ3n) is 3.04. The minimum Gasteiger partial charge on any atom is -0.377 e. The van der Waals surface area contributed by atoms with Crippen LogP contribution in [0.3, 0.4) is 0 Å². The van der Waals surface area contributed by atoms with Crippen molar-refractivity contribution in [2.45, 2.75) is 26.2 Å². The Labute approximate surface area is 123 Å². The molecule has 0 fully saturated rings. The average molecular weight is 292 g/mol. The predicted octanol–water partition coefficient (Wildman–Crippen LogP) is 3.54. The van der Waals surface area contributed by atoms with Crippen LogP contribution in [0.2, 0.25) is 0 Å². The van der Waals surface area contributed by atoms with Gasteiger partial charge in [-0.3, -0.25) is 0 Å². The Morgan fingerprint density at radius 3 is 2.60 bits per heavy atom. The molecular formula is C15H20N2O2S. The van der Waals surface area contributed by atoms with Crippen molar-refractivity contribution >= 4 is 17.0 Å². The Morgan fingerprint density at radius 1 is 1.25 bits per heavy atom. The number of thiazole rings is 1. The third kappa shape index (κ3) is 3.56. The van der Waals surface area contributed by atoms with Gasteiger partial charge in [0.1, 0.15) is 0 Å². The zero-order chi connectivity index (χ0) is 14.5. The molecule has 4 nitrogen and oxygen atoms in total.